The minimum absolute atomic E-state index is 0.235. The van der Waals surface area contributed by atoms with Crippen molar-refractivity contribution in [1.29, 1.82) is 0 Å². The van der Waals surface area contributed by atoms with E-state index in [1.54, 1.807) is 0 Å². The number of rotatable bonds is 2. The number of ketones is 1. The lowest BCUT2D eigenvalue weighted by Gasteiger charge is -2.49. The molecule has 0 bridgehead atoms. The fourth-order valence-corrected chi connectivity index (χ4v) is 5.19. The highest BCUT2D eigenvalue weighted by Gasteiger charge is 2.51. The molecule has 2 heteroatoms. The first kappa shape index (κ1) is 17.7. The van der Waals surface area contributed by atoms with E-state index in [0.29, 0.717) is 17.6 Å². The third-order valence-electron chi connectivity index (χ3n) is 7.06. The molecule has 3 aliphatic rings. The molecular formula is C22H32O2. The molecule has 0 spiro atoms. The molecule has 0 heterocycles. The average molecular weight is 328 g/mol. The van der Waals surface area contributed by atoms with Gasteiger partial charge in [-0.3, -0.25) is 4.79 Å². The Morgan fingerprint density at radius 3 is 2.71 bits per heavy atom. The molecule has 2 unspecified atom stereocenters. The summed E-state index contributed by atoms with van der Waals surface area (Å²) in [6.07, 6.45) is 11.0. The normalized spacial score (nSPS) is 41.8. The zero-order valence-corrected chi connectivity index (χ0v) is 15.5. The highest BCUT2D eigenvalue weighted by Crippen LogP contribution is 2.52. The lowest BCUT2D eigenvalue weighted by Crippen LogP contribution is -2.50. The first-order valence-corrected chi connectivity index (χ1v) is 9.61. The molecule has 2 nitrogen and oxygen atoms in total. The summed E-state index contributed by atoms with van der Waals surface area (Å²) >= 11 is 0. The smallest absolute Gasteiger partial charge is 0.165 e. The van der Waals surface area contributed by atoms with E-state index in [9.17, 15) is 9.90 Å². The monoisotopic (exact) mass is 328 g/mol. The van der Waals surface area contributed by atoms with E-state index in [-0.39, 0.29) is 17.4 Å². The van der Waals surface area contributed by atoms with Crippen molar-refractivity contribution in [2.75, 3.05) is 0 Å². The number of Topliss-reactive ketones (excluding diaryl/α,β-unsaturated/α-hetero) is 1. The van der Waals surface area contributed by atoms with Gasteiger partial charge < -0.3 is 5.11 Å². The lowest BCUT2D eigenvalue weighted by molar-refractivity contribution is -0.138. The highest BCUT2D eigenvalue weighted by molar-refractivity contribution is 6.01. The van der Waals surface area contributed by atoms with Crippen molar-refractivity contribution in [2.24, 2.45) is 23.2 Å². The summed E-state index contributed by atoms with van der Waals surface area (Å²) in [7, 11) is 0. The number of aliphatic hydroxyl groups is 1. The fraction of sp³-hybridized carbons (Fsp3) is 0.682. The topological polar surface area (TPSA) is 37.3 Å². The van der Waals surface area contributed by atoms with Gasteiger partial charge >= 0.3 is 0 Å². The Hall–Kier alpha value is -1.15. The standard InChI is InChI=1S/C22H32O2/c1-14(2)17-7-5-16(6-8-17)13-18-9-10-19-15(3)20(23)11-12-22(19,4)21(18)24/h5,13,15,17,19-20,23H,1,6-12H2,2-4H3/b18-13+/t15-,17-,19?,20?,22-/m0/s1. The van der Waals surface area contributed by atoms with Gasteiger partial charge in [-0.05, 0) is 75.2 Å². The van der Waals surface area contributed by atoms with Gasteiger partial charge in [-0.2, -0.15) is 0 Å². The second-order valence-corrected chi connectivity index (χ2v) is 8.62. The van der Waals surface area contributed by atoms with Crippen molar-refractivity contribution >= 4 is 5.78 Å². The molecule has 0 aliphatic heterocycles. The quantitative estimate of drug-likeness (QED) is 0.572. The number of aliphatic hydroxyl groups excluding tert-OH is 1. The van der Waals surface area contributed by atoms with Crippen molar-refractivity contribution in [3.63, 3.8) is 0 Å². The molecule has 0 aromatic rings. The Morgan fingerprint density at radius 1 is 1.33 bits per heavy atom. The maximum absolute atomic E-state index is 13.2. The van der Waals surface area contributed by atoms with Crippen LogP contribution < -0.4 is 0 Å². The maximum Gasteiger partial charge on any atom is 0.165 e. The second kappa shape index (κ2) is 6.63. The number of fused-ring (bicyclic) bond motifs is 1. The van der Waals surface area contributed by atoms with Gasteiger partial charge in [-0.25, -0.2) is 0 Å². The predicted octanol–water partition coefficient (Wildman–Crippen LogP) is 4.99. The van der Waals surface area contributed by atoms with Gasteiger partial charge in [-0.15, -0.1) is 0 Å². The van der Waals surface area contributed by atoms with Crippen molar-refractivity contribution in [3.05, 3.63) is 35.5 Å². The van der Waals surface area contributed by atoms with Gasteiger partial charge in [0.2, 0.25) is 0 Å². The Labute approximate surface area is 146 Å². The summed E-state index contributed by atoms with van der Waals surface area (Å²) < 4.78 is 0. The van der Waals surface area contributed by atoms with Gasteiger partial charge in [0, 0.05) is 5.41 Å². The number of carbonyl (C=O) groups excluding carboxylic acids is 1. The number of hydrogen-bond donors (Lipinski definition) is 1. The van der Waals surface area contributed by atoms with Crippen molar-refractivity contribution in [3.8, 4) is 0 Å². The lowest BCUT2D eigenvalue weighted by atomic mass is 9.54. The van der Waals surface area contributed by atoms with Crippen LogP contribution in [0.2, 0.25) is 0 Å². The van der Waals surface area contributed by atoms with Gasteiger partial charge in [0.25, 0.3) is 0 Å². The number of hydrogen-bond acceptors (Lipinski definition) is 2. The molecule has 0 saturated heterocycles. The van der Waals surface area contributed by atoms with Crippen LogP contribution >= 0.6 is 0 Å². The van der Waals surface area contributed by atoms with Gasteiger partial charge in [0.1, 0.15) is 0 Å². The molecule has 24 heavy (non-hydrogen) atoms. The van der Waals surface area contributed by atoms with Crippen molar-refractivity contribution in [2.45, 2.75) is 71.8 Å². The number of carbonyl (C=O) groups is 1. The molecule has 3 rings (SSSR count). The van der Waals surface area contributed by atoms with Crippen molar-refractivity contribution in [1.82, 2.24) is 0 Å². The summed E-state index contributed by atoms with van der Waals surface area (Å²) in [5.74, 6) is 1.52. The largest absolute Gasteiger partial charge is 0.393 e. The van der Waals surface area contributed by atoms with Gasteiger partial charge in [0.05, 0.1) is 6.10 Å². The minimum atomic E-state index is -0.266. The second-order valence-electron chi connectivity index (χ2n) is 8.62. The van der Waals surface area contributed by atoms with Crippen LogP contribution in [0.15, 0.2) is 35.5 Å². The molecule has 1 N–H and O–H groups in total. The third kappa shape index (κ3) is 3.06. The van der Waals surface area contributed by atoms with E-state index < -0.39 is 0 Å². The first-order chi connectivity index (χ1) is 11.3. The van der Waals surface area contributed by atoms with Crippen LogP contribution in [0, 0.1) is 23.2 Å². The molecule has 2 fully saturated rings. The van der Waals surface area contributed by atoms with E-state index in [2.05, 4.69) is 39.5 Å². The summed E-state index contributed by atoms with van der Waals surface area (Å²) in [6, 6.07) is 0. The maximum atomic E-state index is 13.2. The molecule has 132 valence electrons. The predicted molar refractivity (Wildman–Crippen MR) is 98.6 cm³/mol. The summed E-state index contributed by atoms with van der Waals surface area (Å²) in [4.78, 5) is 13.2. The molecule has 2 saturated carbocycles. The molecule has 3 aliphatic carbocycles. The molecular weight excluding hydrogens is 296 g/mol. The molecule has 0 aromatic carbocycles. The zero-order chi connectivity index (χ0) is 17.5. The van der Waals surface area contributed by atoms with E-state index in [1.807, 2.05) is 0 Å². The van der Waals surface area contributed by atoms with Crippen LogP contribution in [0.3, 0.4) is 0 Å². The molecule has 5 atom stereocenters. The third-order valence-corrected chi connectivity index (χ3v) is 7.06. The van der Waals surface area contributed by atoms with Crippen LogP contribution in [-0.4, -0.2) is 17.0 Å². The highest BCUT2D eigenvalue weighted by atomic mass is 16.3. The van der Waals surface area contributed by atoms with Crippen LogP contribution in [0.1, 0.15) is 65.7 Å². The summed E-state index contributed by atoms with van der Waals surface area (Å²) in [6.45, 7) is 10.5. The van der Waals surface area contributed by atoms with E-state index in [4.69, 9.17) is 0 Å². The van der Waals surface area contributed by atoms with Crippen LogP contribution in [0.4, 0.5) is 0 Å². The van der Waals surface area contributed by atoms with E-state index in [0.717, 1.165) is 50.5 Å². The zero-order valence-electron chi connectivity index (χ0n) is 15.5. The molecule has 0 radical (unpaired) electrons. The van der Waals surface area contributed by atoms with E-state index in [1.165, 1.54) is 11.1 Å². The molecule has 0 aromatic heterocycles. The Kier molecular flexibility index (Phi) is 4.88. The minimum Gasteiger partial charge on any atom is -0.393 e. The van der Waals surface area contributed by atoms with Crippen LogP contribution in [0.25, 0.3) is 0 Å². The SMILES string of the molecule is C=C(C)[C@H]1CC=C(/C=C2\CCC3[C@H](C)C(O)CC[C@]3(C)C2=O)CC1. The van der Waals surface area contributed by atoms with E-state index >= 15 is 0 Å². The Morgan fingerprint density at radius 2 is 2.08 bits per heavy atom. The molecule has 0 amide bonds. The summed E-state index contributed by atoms with van der Waals surface area (Å²) in [5.41, 5.74) is 3.37. The first-order valence-electron chi connectivity index (χ1n) is 9.61. The van der Waals surface area contributed by atoms with Gasteiger partial charge in [-0.1, -0.05) is 43.7 Å². The van der Waals surface area contributed by atoms with Crippen LogP contribution in [0.5, 0.6) is 0 Å². The number of allylic oxidation sites excluding steroid dienone is 5. The van der Waals surface area contributed by atoms with Gasteiger partial charge in [0.15, 0.2) is 5.78 Å². The summed E-state index contributed by atoms with van der Waals surface area (Å²) in [5, 5.41) is 10.2. The van der Waals surface area contributed by atoms with Crippen molar-refractivity contribution < 1.29 is 9.90 Å². The average Bonchev–Trinajstić information content (AvgIpc) is 2.56. The Balaban J connectivity index is 1.77. The fourth-order valence-electron chi connectivity index (χ4n) is 5.19. The Bertz CT molecular complexity index is 597. The van der Waals surface area contributed by atoms with Crippen LogP contribution in [-0.2, 0) is 4.79 Å².